The van der Waals surface area contributed by atoms with Gasteiger partial charge in [0.05, 0.1) is 5.54 Å². The van der Waals surface area contributed by atoms with E-state index in [9.17, 15) is 4.79 Å². The third kappa shape index (κ3) is 5.76. The monoisotopic (exact) mass is 347 g/mol. The lowest BCUT2D eigenvalue weighted by Gasteiger charge is -2.22. The van der Waals surface area contributed by atoms with Crippen LogP contribution in [-0.2, 0) is 17.9 Å². The van der Waals surface area contributed by atoms with Gasteiger partial charge < -0.3 is 16.0 Å². The van der Waals surface area contributed by atoms with Crippen molar-refractivity contribution >= 4 is 30.7 Å². The van der Waals surface area contributed by atoms with Crippen LogP contribution in [0.15, 0.2) is 24.3 Å². The highest BCUT2D eigenvalue weighted by Crippen LogP contribution is 2.27. The van der Waals surface area contributed by atoms with Gasteiger partial charge in [0.15, 0.2) is 0 Å². The van der Waals surface area contributed by atoms with Crippen molar-refractivity contribution in [2.24, 2.45) is 5.73 Å². The summed E-state index contributed by atoms with van der Waals surface area (Å²) in [4.78, 5) is 14.3. The highest BCUT2D eigenvalue weighted by atomic mass is 35.5. The van der Waals surface area contributed by atoms with Crippen molar-refractivity contribution in [3.8, 4) is 0 Å². The third-order valence-corrected chi connectivity index (χ3v) is 3.89. The minimum absolute atomic E-state index is 0. The molecule has 6 heteroatoms. The summed E-state index contributed by atoms with van der Waals surface area (Å²) in [6.07, 6.45) is 3.73. The first-order chi connectivity index (χ1) is 9.49. The van der Waals surface area contributed by atoms with Gasteiger partial charge in [-0.2, -0.15) is 0 Å². The summed E-state index contributed by atoms with van der Waals surface area (Å²) in [5.41, 5.74) is 7.89. The van der Waals surface area contributed by atoms with Gasteiger partial charge in [0.2, 0.25) is 5.91 Å². The van der Waals surface area contributed by atoms with Crippen molar-refractivity contribution in [2.75, 3.05) is 14.1 Å². The Balaban J connectivity index is 0.00000220. The minimum Gasteiger partial charge on any atom is -0.350 e. The van der Waals surface area contributed by atoms with Crippen molar-refractivity contribution in [1.29, 1.82) is 0 Å². The molecule has 1 aromatic rings. The van der Waals surface area contributed by atoms with Gasteiger partial charge in [0, 0.05) is 13.1 Å². The highest BCUT2D eigenvalue weighted by molar-refractivity contribution is 5.86. The summed E-state index contributed by atoms with van der Waals surface area (Å²) in [5, 5.41) is 2.98. The van der Waals surface area contributed by atoms with E-state index in [-0.39, 0.29) is 30.7 Å². The first-order valence-corrected chi connectivity index (χ1v) is 7.29. The molecule has 0 aliphatic heterocycles. The van der Waals surface area contributed by atoms with Crippen molar-refractivity contribution in [2.45, 2.75) is 44.3 Å². The number of rotatable bonds is 5. The van der Waals surface area contributed by atoms with Crippen molar-refractivity contribution < 1.29 is 4.79 Å². The van der Waals surface area contributed by atoms with Gasteiger partial charge in [-0.05, 0) is 38.1 Å². The predicted octanol–water partition coefficient (Wildman–Crippen LogP) is 2.48. The molecule has 1 saturated carbocycles. The molecule has 0 saturated heterocycles. The minimum atomic E-state index is -0.638. The van der Waals surface area contributed by atoms with Gasteiger partial charge in [-0.15, -0.1) is 24.8 Å². The molecule has 3 N–H and O–H groups in total. The van der Waals surface area contributed by atoms with E-state index < -0.39 is 5.54 Å². The van der Waals surface area contributed by atoms with Crippen LogP contribution in [0.3, 0.4) is 0 Å². The molecular formula is C16H27Cl2N3O. The quantitative estimate of drug-likeness (QED) is 0.860. The van der Waals surface area contributed by atoms with E-state index in [4.69, 9.17) is 5.73 Å². The van der Waals surface area contributed by atoms with Crippen LogP contribution >= 0.6 is 24.8 Å². The normalized spacial score (nSPS) is 15.8. The number of nitrogens with one attached hydrogen (secondary N) is 1. The van der Waals surface area contributed by atoms with E-state index in [0.29, 0.717) is 6.54 Å². The lowest BCUT2D eigenvalue weighted by molar-refractivity contribution is -0.126. The van der Waals surface area contributed by atoms with Gasteiger partial charge in [-0.1, -0.05) is 37.1 Å². The molecule has 0 heterocycles. The van der Waals surface area contributed by atoms with E-state index in [1.807, 2.05) is 26.2 Å². The summed E-state index contributed by atoms with van der Waals surface area (Å²) in [7, 11) is 4.10. The number of carbonyl (C=O) groups is 1. The number of hydrogen-bond donors (Lipinski definition) is 2. The Morgan fingerprint density at radius 2 is 1.82 bits per heavy atom. The summed E-state index contributed by atoms with van der Waals surface area (Å²) in [6.45, 7) is 1.46. The van der Waals surface area contributed by atoms with Gasteiger partial charge in [0.25, 0.3) is 0 Å². The molecule has 1 amide bonds. The number of nitrogens with zero attached hydrogens (tertiary/aromatic N) is 1. The zero-order valence-electron chi connectivity index (χ0n) is 13.3. The summed E-state index contributed by atoms with van der Waals surface area (Å²) >= 11 is 0. The Labute approximate surface area is 145 Å². The first-order valence-electron chi connectivity index (χ1n) is 7.29. The van der Waals surface area contributed by atoms with Gasteiger partial charge in [-0.3, -0.25) is 4.79 Å². The maximum absolute atomic E-state index is 12.2. The molecule has 22 heavy (non-hydrogen) atoms. The standard InChI is InChI=1S/C16H25N3O.2ClH/c1-19(2)12-14-7-5-6-13(10-14)11-18-15(20)16(17)8-3-4-9-16;;/h5-7,10H,3-4,8-9,11-12,17H2,1-2H3,(H,18,20);2*1H. The maximum atomic E-state index is 12.2. The first kappa shape index (κ1) is 21.2. The van der Waals surface area contributed by atoms with Crippen LogP contribution in [0.25, 0.3) is 0 Å². The topological polar surface area (TPSA) is 58.4 Å². The SMILES string of the molecule is CN(C)Cc1cccc(CNC(=O)C2(N)CCCC2)c1.Cl.Cl. The highest BCUT2D eigenvalue weighted by Gasteiger charge is 2.36. The molecule has 0 radical (unpaired) electrons. The summed E-state index contributed by atoms with van der Waals surface area (Å²) < 4.78 is 0. The van der Waals surface area contributed by atoms with E-state index in [1.54, 1.807) is 0 Å². The van der Waals surface area contributed by atoms with Crippen molar-refractivity contribution in [3.63, 3.8) is 0 Å². The average Bonchev–Trinajstić information content (AvgIpc) is 2.84. The second-order valence-electron chi connectivity index (χ2n) is 6.10. The molecule has 1 aromatic carbocycles. The molecular weight excluding hydrogens is 321 g/mol. The zero-order chi connectivity index (χ0) is 14.6. The Morgan fingerprint density at radius 3 is 2.41 bits per heavy atom. The lowest BCUT2D eigenvalue weighted by Crippen LogP contribution is -2.51. The number of halogens is 2. The largest absolute Gasteiger partial charge is 0.350 e. The van der Waals surface area contributed by atoms with E-state index in [2.05, 4.69) is 22.3 Å². The molecule has 0 atom stereocenters. The Morgan fingerprint density at radius 1 is 1.23 bits per heavy atom. The van der Waals surface area contributed by atoms with Crippen LogP contribution in [-0.4, -0.2) is 30.4 Å². The Bertz CT molecular complexity index is 474. The molecule has 1 fully saturated rings. The van der Waals surface area contributed by atoms with Gasteiger partial charge >= 0.3 is 0 Å². The van der Waals surface area contributed by atoms with E-state index in [0.717, 1.165) is 37.8 Å². The molecule has 1 aliphatic rings. The molecule has 0 aromatic heterocycles. The number of hydrogen-bond acceptors (Lipinski definition) is 3. The van der Waals surface area contributed by atoms with Crippen LogP contribution in [0, 0.1) is 0 Å². The Kier molecular flexibility index (Phi) is 9.01. The van der Waals surface area contributed by atoms with Crippen LogP contribution in [0.1, 0.15) is 36.8 Å². The van der Waals surface area contributed by atoms with Gasteiger partial charge in [-0.25, -0.2) is 0 Å². The average molecular weight is 348 g/mol. The molecule has 0 unspecified atom stereocenters. The lowest BCUT2D eigenvalue weighted by atomic mass is 9.98. The maximum Gasteiger partial charge on any atom is 0.240 e. The Hall–Kier alpha value is -0.810. The van der Waals surface area contributed by atoms with Crippen LogP contribution in [0.4, 0.5) is 0 Å². The second kappa shape index (κ2) is 9.36. The smallest absolute Gasteiger partial charge is 0.240 e. The molecule has 0 bridgehead atoms. The molecule has 2 rings (SSSR count). The summed E-state index contributed by atoms with van der Waals surface area (Å²) in [6, 6.07) is 8.32. The zero-order valence-corrected chi connectivity index (χ0v) is 14.9. The number of nitrogens with two attached hydrogens (primary N) is 1. The number of benzene rings is 1. The van der Waals surface area contributed by atoms with Crippen LogP contribution in [0.2, 0.25) is 0 Å². The number of carbonyl (C=O) groups excluding carboxylic acids is 1. The fourth-order valence-corrected chi connectivity index (χ4v) is 2.79. The molecule has 0 spiro atoms. The van der Waals surface area contributed by atoms with Crippen LogP contribution < -0.4 is 11.1 Å². The fourth-order valence-electron chi connectivity index (χ4n) is 2.79. The van der Waals surface area contributed by atoms with Crippen molar-refractivity contribution in [3.05, 3.63) is 35.4 Å². The molecule has 4 nitrogen and oxygen atoms in total. The summed E-state index contributed by atoms with van der Waals surface area (Å²) in [5.74, 6) is -0.00647. The number of amides is 1. The third-order valence-electron chi connectivity index (χ3n) is 3.89. The van der Waals surface area contributed by atoms with E-state index >= 15 is 0 Å². The fraction of sp³-hybridized carbons (Fsp3) is 0.562. The van der Waals surface area contributed by atoms with E-state index in [1.165, 1.54) is 5.56 Å². The van der Waals surface area contributed by atoms with Crippen LogP contribution in [0.5, 0.6) is 0 Å². The predicted molar refractivity (Wildman–Crippen MR) is 95.6 cm³/mol. The second-order valence-corrected chi connectivity index (χ2v) is 6.10. The molecule has 1 aliphatic carbocycles. The molecule has 126 valence electrons. The van der Waals surface area contributed by atoms with Crippen molar-refractivity contribution in [1.82, 2.24) is 10.2 Å². The van der Waals surface area contributed by atoms with Gasteiger partial charge in [0.1, 0.15) is 0 Å².